The highest BCUT2D eigenvalue weighted by Gasteiger charge is 2.31. The summed E-state index contributed by atoms with van der Waals surface area (Å²) in [6.07, 6.45) is 1.55. The lowest BCUT2D eigenvalue weighted by Crippen LogP contribution is -2.52. The van der Waals surface area contributed by atoms with Gasteiger partial charge >= 0.3 is 0 Å². The number of anilines is 1. The van der Waals surface area contributed by atoms with E-state index in [2.05, 4.69) is 5.32 Å². The summed E-state index contributed by atoms with van der Waals surface area (Å²) in [5.74, 6) is -2.39. The SMILES string of the molecule is CCC(C)NC(=O)C(C)N(Cc1ccc(F)cc1)C(=O)CN(c1ccccc1F)S(C)(=O)=O. The Morgan fingerprint density at radius 3 is 2.18 bits per heavy atom. The molecule has 10 heteroatoms. The topological polar surface area (TPSA) is 86.8 Å². The van der Waals surface area contributed by atoms with Gasteiger partial charge in [0.25, 0.3) is 0 Å². The Hall–Kier alpha value is -3.01. The van der Waals surface area contributed by atoms with Crippen molar-refractivity contribution in [3.8, 4) is 0 Å². The van der Waals surface area contributed by atoms with Gasteiger partial charge in [-0.3, -0.25) is 13.9 Å². The molecule has 0 aromatic heterocycles. The quantitative estimate of drug-likeness (QED) is 0.565. The zero-order chi connectivity index (χ0) is 24.8. The molecule has 0 aliphatic heterocycles. The lowest BCUT2D eigenvalue weighted by molar-refractivity contribution is -0.139. The van der Waals surface area contributed by atoms with Crippen molar-refractivity contribution in [1.82, 2.24) is 10.2 Å². The van der Waals surface area contributed by atoms with Crippen LogP contribution in [0.4, 0.5) is 14.5 Å². The maximum absolute atomic E-state index is 14.3. The van der Waals surface area contributed by atoms with Crippen LogP contribution in [0.2, 0.25) is 0 Å². The van der Waals surface area contributed by atoms with Crippen LogP contribution in [-0.4, -0.2) is 50.0 Å². The molecule has 2 unspecified atom stereocenters. The fourth-order valence-corrected chi connectivity index (χ4v) is 3.93. The summed E-state index contributed by atoms with van der Waals surface area (Å²) in [6.45, 7) is 4.47. The Bertz CT molecular complexity index is 1080. The number of halogens is 2. The minimum atomic E-state index is -4.02. The molecule has 180 valence electrons. The largest absolute Gasteiger partial charge is 0.352 e. The standard InChI is InChI=1S/C23H29F2N3O4S/c1-5-16(2)26-23(30)17(3)27(14-18-10-12-19(24)13-11-18)22(29)15-28(33(4,31)32)21-9-7-6-8-20(21)25/h6-13,16-17H,5,14-15H2,1-4H3,(H,26,30). The molecule has 0 bridgehead atoms. The Morgan fingerprint density at radius 2 is 1.64 bits per heavy atom. The number of amides is 2. The van der Waals surface area contributed by atoms with Crippen LogP contribution in [-0.2, 0) is 26.2 Å². The fourth-order valence-electron chi connectivity index (χ4n) is 3.08. The predicted molar refractivity (Wildman–Crippen MR) is 123 cm³/mol. The Labute approximate surface area is 193 Å². The summed E-state index contributed by atoms with van der Waals surface area (Å²) in [4.78, 5) is 27.3. The summed E-state index contributed by atoms with van der Waals surface area (Å²) < 4.78 is 53.1. The van der Waals surface area contributed by atoms with Gasteiger partial charge in [-0.15, -0.1) is 0 Å². The minimum absolute atomic E-state index is 0.0664. The van der Waals surface area contributed by atoms with Crippen LogP contribution in [0.25, 0.3) is 0 Å². The van der Waals surface area contributed by atoms with Crippen molar-refractivity contribution in [2.24, 2.45) is 0 Å². The molecule has 2 amide bonds. The van der Waals surface area contributed by atoms with Crippen molar-refractivity contribution >= 4 is 27.5 Å². The Kier molecular flexibility index (Phi) is 8.92. The van der Waals surface area contributed by atoms with E-state index in [0.29, 0.717) is 16.3 Å². The van der Waals surface area contributed by atoms with E-state index in [4.69, 9.17) is 0 Å². The van der Waals surface area contributed by atoms with Gasteiger partial charge in [0.15, 0.2) is 0 Å². The molecule has 1 N–H and O–H groups in total. The third kappa shape index (κ3) is 7.24. The van der Waals surface area contributed by atoms with E-state index in [1.165, 1.54) is 54.3 Å². The number of carbonyl (C=O) groups excluding carboxylic acids is 2. The van der Waals surface area contributed by atoms with E-state index in [0.717, 1.165) is 12.3 Å². The first-order valence-electron chi connectivity index (χ1n) is 10.5. The van der Waals surface area contributed by atoms with Crippen LogP contribution in [0.3, 0.4) is 0 Å². The fraction of sp³-hybridized carbons (Fsp3) is 0.391. The molecule has 0 saturated carbocycles. The summed E-state index contributed by atoms with van der Waals surface area (Å²) in [5.41, 5.74) is 0.275. The van der Waals surface area contributed by atoms with Gasteiger partial charge in [0.1, 0.15) is 24.2 Å². The highest BCUT2D eigenvalue weighted by atomic mass is 32.2. The molecule has 0 fully saturated rings. The van der Waals surface area contributed by atoms with E-state index in [-0.39, 0.29) is 18.3 Å². The Balaban J connectivity index is 2.39. The molecule has 2 rings (SSSR count). The van der Waals surface area contributed by atoms with Crippen LogP contribution in [0.15, 0.2) is 48.5 Å². The number of nitrogens with one attached hydrogen (secondary N) is 1. The molecule has 33 heavy (non-hydrogen) atoms. The molecular weight excluding hydrogens is 452 g/mol. The maximum Gasteiger partial charge on any atom is 0.244 e. The second kappa shape index (κ2) is 11.2. The van der Waals surface area contributed by atoms with Crippen molar-refractivity contribution in [2.75, 3.05) is 17.1 Å². The molecule has 0 radical (unpaired) electrons. The van der Waals surface area contributed by atoms with E-state index >= 15 is 0 Å². The van der Waals surface area contributed by atoms with E-state index in [9.17, 15) is 26.8 Å². The van der Waals surface area contributed by atoms with Crippen LogP contribution >= 0.6 is 0 Å². The lowest BCUT2D eigenvalue weighted by Gasteiger charge is -2.32. The zero-order valence-corrected chi connectivity index (χ0v) is 19.9. The van der Waals surface area contributed by atoms with Gasteiger partial charge in [-0.25, -0.2) is 17.2 Å². The first-order valence-corrected chi connectivity index (χ1v) is 12.3. The number of hydrogen-bond donors (Lipinski definition) is 1. The molecule has 2 aromatic carbocycles. The highest BCUT2D eigenvalue weighted by molar-refractivity contribution is 7.92. The van der Waals surface area contributed by atoms with E-state index in [1.54, 1.807) is 0 Å². The number of para-hydroxylation sites is 1. The van der Waals surface area contributed by atoms with Crippen LogP contribution in [0.5, 0.6) is 0 Å². The lowest BCUT2D eigenvalue weighted by atomic mass is 10.1. The van der Waals surface area contributed by atoms with Gasteiger partial charge < -0.3 is 10.2 Å². The monoisotopic (exact) mass is 481 g/mol. The number of hydrogen-bond acceptors (Lipinski definition) is 4. The molecule has 0 saturated heterocycles. The van der Waals surface area contributed by atoms with Crippen molar-refractivity contribution in [2.45, 2.75) is 45.8 Å². The molecule has 2 aromatic rings. The first-order chi connectivity index (χ1) is 15.4. The summed E-state index contributed by atoms with van der Waals surface area (Å²) in [7, 11) is -4.02. The zero-order valence-electron chi connectivity index (χ0n) is 19.1. The van der Waals surface area contributed by atoms with Crippen molar-refractivity contribution in [3.63, 3.8) is 0 Å². The van der Waals surface area contributed by atoms with Gasteiger partial charge in [-0.2, -0.15) is 0 Å². The first kappa shape index (κ1) is 26.2. The molecular formula is C23H29F2N3O4S. The van der Waals surface area contributed by atoms with Gasteiger partial charge in [-0.05, 0) is 50.1 Å². The number of sulfonamides is 1. The number of carbonyl (C=O) groups is 2. The van der Waals surface area contributed by atoms with Gasteiger partial charge in [0, 0.05) is 12.6 Å². The molecule has 2 atom stereocenters. The van der Waals surface area contributed by atoms with Crippen LogP contribution < -0.4 is 9.62 Å². The number of nitrogens with zero attached hydrogens (tertiary/aromatic N) is 2. The van der Waals surface area contributed by atoms with Gasteiger partial charge in [0.2, 0.25) is 21.8 Å². The normalized spacial score (nSPS) is 13.2. The van der Waals surface area contributed by atoms with E-state index < -0.39 is 46.1 Å². The second-order valence-electron chi connectivity index (χ2n) is 7.86. The predicted octanol–water partition coefficient (Wildman–Crippen LogP) is 3.06. The third-order valence-corrected chi connectivity index (χ3v) is 6.36. The maximum atomic E-state index is 14.3. The molecule has 7 nitrogen and oxygen atoms in total. The summed E-state index contributed by atoms with van der Waals surface area (Å²) in [5, 5.41) is 2.80. The second-order valence-corrected chi connectivity index (χ2v) is 9.77. The third-order valence-electron chi connectivity index (χ3n) is 5.23. The minimum Gasteiger partial charge on any atom is -0.352 e. The van der Waals surface area contributed by atoms with Crippen molar-refractivity contribution in [1.29, 1.82) is 0 Å². The number of rotatable bonds is 10. The number of benzene rings is 2. The highest BCUT2D eigenvalue weighted by Crippen LogP contribution is 2.22. The Morgan fingerprint density at radius 1 is 1.03 bits per heavy atom. The van der Waals surface area contributed by atoms with Crippen LogP contribution in [0.1, 0.15) is 32.8 Å². The summed E-state index contributed by atoms with van der Waals surface area (Å²) >= 11 is 0. The van der Waals surface area contributed by atoms with Gasteiger partial charge in [-0.1, -0.05) is 31.2 Å². The van der Waals surface area contributed by atoms with Crippen molar-refractivity contribution < 1.29 is 26.8 Å². The molecule has 0 heterocycles. The molecule has 0 aliphatic rings. The summed E-state index contributed by atoms with van der Waals surface area (Å²) in [6, 6.07) is 9.52. The molecule has 0 aliphatic carbocycles. The average Bonchev–Trinajstić information content (AvgIpc) is 2.76. The smallest absolute Gasteiger partial charge is 0.244 e. The van der Waals surface area contributed by atoms with E-state index in [1.807, 2.05) is 13.8 Å². The average molecular weight is 482 g/mol. The van der Waals surface area contributed by atoms with Gasteiger partial charge in [0.05, 0.1) is 11.9 Å². The van der Waals surface area contributed by atoms with Crippen molar-refractivity contribution in [3.05, 3.63) is 65.7 Å². The molecule has 0 spiro atoms. The van der Waals surface area contributed by atoms with Crippen LogP contribution in [0, 0.1) is 11.6 Å².